The van der Waals surface area contributed by atoms with Crippen LogP contribution in [0.2, 0.25) is 0 Å². The van der Waals surface area contributed by atoms with Crippen LogP contribution in [0.25, 0.3) is 11.0 Å². The maximum atomic E-state index is 15.3. The van der Waals surface area contributed by atoms with Gasteiger partial charge in [-0.15, -0.1) is 0 Å². The van der Waals surface area contributed by atoms with Crippen molar-refractivity contribution < 1.29 is 27.9 Å². The van der Waals surface area contributed by atoms with Gasteiger partial charge in [-0.3, -0.25) is 33.8 Å². The Morgan fingerprint density at radius 1 is 1.07 bits per heavy atom. The van der Waals surface area contributed by atoms with Gasteiger partial charge in [0.05, 0.1) is 16.7 Å². The van der Waals surface area contributed by atoms with Gasteiger partial charge >= 0.3 is 11.8 Å². The summed E-state index contributed by atoms with van der Waals surface area (Å²) in [5.41, 5.74) is 0.778. The Kier molecular flexibility index (Phi) is 7.13. The molecule has 1 N–H and O–H groups in total. The number of anilines is 1. The van der Waals surface area contributed by atoms with Crippen molar-refractivity contribution in [3.8, 4) is 0 Å². The van der Waals surface area contributed by atoms with E-state index in [-0.39, 0.29) is 56.9 Å². The summed E-state index contributed by atoms with van der Waals surface area (Å²) in [6.45, 7) is 6.67. The van der Waals surface area contributed by atoms with Gasteiger partial charge in [-0.2, -0.15) is 0 Å². The maximum Gasteiger partial charge on any atom is 0.411 e. The zero-order valence-electron chi connectivity index (χ0n) is 23.3. The molecular weight excluding hydrogens is 526 g/mol. The monoisotopic (exact) mass is 562 g/mol. The Hall–Kier alpha value is -3.48. The number of likely N-dealkylation sites (tertiary alicyclic amines) is 1. The van der Waals surface area contributed by atoms with Crippen LogP contribution >= 0.6 is 0 Å². The van der Waals surface area contributed by atoms with Crippen LogP contribution in [0.15, 0.2) is 23.0 Å². The lowest BCUT2D eigenvalue weighted by Crippen LogP contribution is -2.66. The Balaban J connectivity index is 1.40. The highest BCUT2D eigenvalue weighted by molar-refractivity contribution is 6.00. The number of piperazine rings is 1. The van der Waals surface area contributed by atoms with E-state index in [1.165, 1.54) is 9.13 Å². The number of imidazole rings is 1. The van der Waals surface area contributed by atoms with Crippen LogP contribution in [0.3, 0.4) is 0 Å². The van der Waals surface area contributed by atoms with Crippen LogP contribution < -0.4 is 15.9 Å². The van der Waals surface area contributed by atoms with Crippen molar-refractivity contribution in [3.05, 3.63) is 28.7 Å². The largest absolute Gasteiger partial charge is 0.444 e. The van der Waals surface area contributed by atoms with Crippen molar-refractivity contribution in [1.29, 1.82) is 0 Å². The van der Waals surface area contributed by atoms with Gasteiger partial charge in [0.2, 0.25) is 11.8 Å². The van der Waals surface area contributed by atoms with Crippen LogP contribution in [-0.2, 0) is 21.4 Å². The highest BCUT2D eigenvalue weighted by Crippen LogP contribution is 2.37. The molecule has 3 aliphatic heterocycles. The molecule has 2 aromatic rings. The zero-order valence-corrected chi connectivity index (χ0v) is 23.3. The van der Waals surface area contributed by atoms with E-state index in [2.05, 4.69) is 5.32 Å². The van der Waals surface area contributed by atoms with E-state index < -0.39 is 35.7 Å². The topological polar surface area (TPSA) is 109 Å². The number of para-hydroxylation sites is 1. The number of ether oxygens (including phenoxy) is 1. The molecule has 3 fully saturated rings. The molecule has 11 nitrogen and oxygen atoms in total. The van der Waals surface area contributed by atoms with Crippen LogP contribution in [0, 0.1) is 0 Å². The van der Waals surface area contributed by atoms with Gasteiger partial charge in [-0.25, -0.2) is 18.4 Å². The molecule has 2 unspecified atom stereocenters. The number of hydrogen-bond acceptors (Lipinski definition) is 7. The molecule has 0 bridgehead atoms. The van der Waals surface area contributed by atoms with Crippen LogP contribution in [0.4, 0.5) is 19.3 Å². The number of rotatable bonds is 3. The highest BCUT2D eigenvalue weighted by atomic mass is 19.3. The molecule has 3 saturated heterocycles. The third-order valence-corrected chi connectivity index (χ3v) is 7.81. The summed E-state index contributed by atoms with van der Waals surface area (Å²) in [5.74, 6) is -3.95. The van der Waals surface area contributed by atoms with E-state index in [0.29, 0.717) is 24.1 Å². The van der Waals surface area contributed by atoms with Crippen LogP contribution in [-0.4, -0.2) is 87.3 Å². The average molecular weight is 563 g/mol. The SMILES string of the molecule is Cn1c(=O)n(C2CCC(=O)NC2=O)c2cccc(N3CCN(C4N(C(=O)OC(C)(C)C)CCCC4(F)F)CC3)c21. The summed E-state index contributed by atoms with van der Waals surface area (Å²) in [4.78, 5) is 55.2. The second-order valence-corrected chi connectivity index (χ2v) is 11.8. The quantitative estimate of drug-likeness (QED) is 0.573. The number of fused-ring (bicyclic) bond motifs is 1. The minimum Gasteiger partial charge on any atom is -0.444 e. The zero-order chi connectivity index (χ0) is 29.0. The predicted molar refractivity (Wildman–Crippen MR) is 143 cm³/mol. The fourth-order valence-corrected chi connectivity index (χ4v) is 6.05. The number of aryl methyl sites for hydroxylation is 1. The van der Waals surface area contributed by atoms with Crippen LogP contribution in [0.1, 0.15) is 52.5 Å². The molecule has 3 amide bonds. The first-order chi connectivity index (χ1) is 18.8. The summed E-state index contributed by atoms with van der Waals surface area (Å²) in [6, 6.07) is 4.63. The first-order valence-corrected chi connectivity index (χ1v) is 13.7. The molecule has 40 heavy (non-hydrogen) atoms. The summed E-state index contributed by atoms with van der Waals surface area (Å²) in [6.07, 6.45) is -1.86. The Morgan fingerprint density at radius 2 is 1.77 bits per heavy atom. The fourth-order valence-electron chi connectivity index (χ4n) is 6.05. The number of aromatic nitrogens is 2. The lowest BCUT2D eigenvalue weighted by Gasteiger charge is -2.49. The maximum absolute atomic E-state index is 15.3. The molecule has 0 saturated carbocycles. The molecule has 2 atom stereocenters. The number of carbonyl (C=O) groups is 3. The molecule has 13 heteroatoms. The van der Waals surface area contributed by atoms with Gasteiger partial charge < -0.3 is 9.64 Å². The number of piperidine rings is 2. The Labute approximate surface area is 230 Å². The van der Waals surface area contributed by atoms with E-state index in [9.17, 15) is 19.2 Å². The van der Waals surface area contributed by atoms with Crippen molar-refractivity contribution in [2.45, 2.75) is 70.2 Å². The summed E-state index contributed by atoms with van der Waals surface area (Å²) < 4.78 is 38.9. The molecular formula is C27H36F2N6O5. The van der Waals surface area contributed by atoms with Crippen molar-refractivity contribution >= 4 is 34.6 Å². The minimum atomic E-state index is -3.08. The second kappa shape index (κ2) is 10.2. The van der Waals surface area contributed by atoms with Crippen molar-refractivity contribution in [3.63, 3.8) is 0 Å². The summed E-state index contributed by atoms with van der Waals surface area (Å²) in [7, 11) is 1.63. The van der Waals surface area contributed by atoms with E-state index in [0.717, 1.165) is 10.6 Å². The summed E-state index contributed by atoms with van der Waals surface area (Å²) >= 11 is 0. The Morgan fingerprint density at radius 3 is 2.42 bits per heavy atom. The second-order valence-electron chi connectivity index (χ2n) is 11.8. The summed E-state index contributed by atoms with van der Waals surface area (Å²) in [5, 5.41) is 2.31. The molecule has 1 aromatic heterocycles. The number of imide groups is 1. The van der Waals surface area contributed by atoms with Gasteiger partial charge in [-0.1, -0.05) is 6.07 Å². The van der Waals surface area contributed by atoms with Gasteiger partial charge in [0.25, 0.3) is 5.92 Å². The molecule has 0 spiro atoms. The van der Waals surface area contributed by atoms with Crippen LogP contribution in [0.5, 0.6) is 0 Å². The van der Waals surface area contributed by atoms with E-state index in [1.54, 1.807) is 44.9 Å². The number of amides is 3. The molecule has 0 radical (unpaired) electrons. The van der Waals surface area contributed by atoms with E-state index in [4.69, 9.17) is 4.74 Å². The molecule has 1 aromatic carbocycles. The Bertz CT molecular complexity index is 1390. The van der Waals surface area contributed by atoms with Gasteiger partial charge in [0.1, 0.15) is 11.6 Å². The van der Waals surface area contributed by atoms with E-state index in [1.807, 2.05) is 11.0 Å². The average Bonchev–Trinajstić information content (AvgIpc) is 3.12. The molecule has 3 aliphatic rings. The number of benzene rings is 1. The lowest BCUT2D eigenvalue weighted by atomic mass is 10.0. The van der Waals surface area contributed by atoms with E-state index >= 15 is 8.78 Å². The van der Waals surface area contributed by atoms with Gasteiger partial charge in [0.15, 0.2) is 6.17 Å². The van der Waals surface area contributed by atoms with Crippen molar-refractivity contribution in [2.24, 2.45) is 7.05 Å². The van der Waals surface area contributed by atoms with Crippen molar-refractivity contribution in [1.82, 2.24) is 24.3 Å². The number of alkyl halides is 2. The molecule has 5 rings (SSSR count). The van der Waals surface area contributed by atoms with Gasteiger partial charge in [0, 0.05) is 52.6 Å². The third-order valence-electron chi connectivity index (χ3n) is 7.81. The number of hydrogen-bond donors (Lipinski definition) is 1. The first-order valence-electron chi connectivity index (χ1n) is 13.7. The number of nitrogens with one attached hydrogen (secondary N) is 1. The highest BCUT2D eigenvalue weighted by Gasteiger charge is 2.52. The molecule has 218 valence electrons. The molecule has 0 aliphatic carbocycles. The standard InChI is InChI=1S/C27H36F2N6O5/c1-26(2,3)40-25(39)34-12-6-11-27(28,29)23(34)33-15-13-32(14-16-33)17-7-5-8-18-21(17)31(4)24(38)35(18)19-9-10-20(36)30-22(19)37/h5,7-8,19,23H,6,9-16H2,1-4H3,(H,30,36,37). The minimum absolute atomic E-state index is 0.146. The van der Waals surface area contributed by atoms with Gasteiger partial charge in [-0.05, 0) is 45.7 Å². The number of carbonyl (C=O) groups excluding carboxylic acids is 3. The molecule has 4 heterocycles. The lowest BCUT2D eigenvalue weighted by molar-refractivity contribution is -0.166. The number of nitrogens with zero attached hydrogens (tertiary/aromatic N) is 5. The third kappa shape index (κ3) is 5.06. The fraction of sp³-hybridized carbons (Fsp3) is 0.630. The normalized spacial score (nSPS) is 24.4. The first kappa shape index (κ1) is 28.1. The number of halogens is 2. The predicted octanol–water partition coefficient (Wildman–Crippen LogP) is 2.43. The van der Waals surface area contributed by atoms with Crippen molar-refractivity contribution in [2.75, 3.05) is 37.6 Å². The smallest absolute Gasteiger partial charge is 0.411 e.